The number of urea groups is 1. The Morgan fingerprint density at radius 2 is 2.07 bits per heavy atom. The summed E-state index contributed by atoms with van der Waals surface area (Å²) in [4.78, 5) is 26.8. The lowest BCUT2D eigenvalue weighted by Crippen LogP contribution is -2.54. The van der Waals surface area contributed by atoms with Gasteiger partial charge < -0.3 is 25.0 Å². The number of likely N-dealkylation sites (N-methyl/N-ethyl adjacent to an activating group) is 1. The molecule has 0 radical (unpaired) electrons. The third-order valence-corrected chi connectivity index (χ3v) is 4.41. The molecular formula is C18H25F2N3O4. The normalized spacial score (nSPS) is 18.7. The quantitative estimate of drug-likeness (QED) is 0.786. The fourth-order valence-corrected chi connectivity index (χ4v) is 2.78. The molecule has 150 valence electrons. The van der Waals surface area contributed by atoms with Gasteiger partial charge in [0.1, 0.15) is 11.9 Å². The number of piperidine rings is 1. The molecule has 0 aromatic heterocycles. The second-order valence-electron chi connectivity index (χ2n) is 6.30. The predicted octanol–water partition coefficient (Wildman–Crippen LogP) is 2.17. The van der Waals surface area contributed by atoms with Crippen LogP contribution in [0.5, 0.6) is 5.75 Å². The standard InChI is InChI=1S/C18H25F2N3O4/c1-3-22(4-2)16(25)11-27-14-7-5-6-13(10-14)21-17(26)23-9-8-15(24)18(19,20)12-23/h5-7,10,15,24H,3-4,8-9,11-12H2,1-2H3,(H,21,26). The Labute approximate surface area is 156 Å². The van der Waals surface area contributed by atoms with Gasteiger partial charge in [-0.25, -0.2) is 13.6 Å². The van der Waals surface area contributed by atoms with Gasteiger partial charge in [-0.3, -0.25) is 4.79 Å². The van der Waals surface area contributed by atoms with Gasteiger partial charge in [-0.05, 0) is 32.4 Å². The Balaban J connectivity index is 1.93. The zero-order valence-electron chi connectivity index (χ0n) is 15.5. The highest BCUT2D eigenvalue weighted by molar-refractivity contribution is 5.89. The molecule has 1 fully saturated rings. The maximum Gasteiger partial charge on any atom is 0.322 e. The van der Waals surface area contributed by atoms with Crippen molar-refractivity contribution in [1.29, 1.82) is 0 Å². The number of ether oxygens (including phenoxy) is 1. The van der Waals surface area contributed by atoms with Crippen molar-refractivity contribution >= 4 is 17.6 Å². The summed E-state index contributed by atoms with van der Waals surface area (Å²) >= 11 is 0. The highest BCUT2D eigenvalue weighted by Crippen LogP contribution is 2.27. The zero-order valence-corrected chi connectivity index (χ0v) is 15.5. The van der Waals surface area contributed by atoms with E-state index in [9.17, 15) is 23.5 Å². The van der Waals surface area contributed by atoms with Gasteiger partial charge in [0.15, 0.2) is 6.61 Å². The number of benzene rings is 1. The first-order valence-corrected chi connectivity index (χ1v) is 8.89. The molecule has 0 bridgehead atoms. The van der Waals surface area contributed by atoms with Crippen LogP contribution in [0.15, 0.2) is 24.3 Å². The van der Waals surface area contributed by atoms with Crippen LogP contribution in [0.3, 0.4) is 0 Å². The topological polar surface area (TPSA) is 82.1 Å². The Kier molecular flexibility index (Phi) is 6.95. The Morgan fingerprint density at radius 1 is 1.37 bits per heavy atom. The van der Waals surface area contributed by atoms with Crippen LogP contribution in [0.4, 0.5) is 19.3 Å². The summed E-state index contributed by atoms with van der Waals surface area (Å²) in [5, 5.41) is 11.8. The molecule has 2 rings (SSSR count). The van der Waals surface area contributed by atoms with E-state index in [4.69, 9.17) is 4.74 Å². The summed E-state index contributed by atoms with van der Waals surface area (Å²) in [6.07, 6.45) is -1.92. The zero-order chi connectivity index (χ0) is 20.0. The molecule has 7 nitrogen and oxygen atoms in total. The van der Waals surface area contributed by atoms with Crippen molar-refractivity contribution in [2.24, 2.45) is 0 Å². The van der Waals surface area contributed by atoms with Gasteiger partial charge in [0.2, 0.25) is 0 Å². The molecule has 1 aliphatic rings. The van der Waals surface area contributed by atoms with Gasteiger partial charge in [0, 0.05) is 31.4 Å². The summed E-state index contributed by atoms with van der Waals surface area (Å²) in [6, 6.07) is 5.69. The van der Waals surface area contributed by atoms with Gasteiger partial charge in [-0.15, -0.1) is 0 Å². The minimum absolute atomic E-state index is 0.0388. The number of carbonyl (C=O) groups is 2. The van der Waals surface area contributed by atoms with Gasteiger partial charge in [-0.2, -0.15) is 0 Å². The summed E-state index contributed by atoms with van der Waals surface area (Å²) in [6.45, 7) is 4.00. The van der Waals surface area contributed by atoms with Crippen LogP contribution in [0.2, 0.25) is 0 Å². The molecule has 9 heteroatoms. The lowest BCUT2D eigenvalue weighted by atomic mass is 10.0. The van der Waals surface area contributed by atoms with Gasteiger partial charge in [0.05, 0.1) is 6.54 Å². The number of hydrogen-bond acceptors (Lipinski definition) is 4. The van der Waals surface area contributed by atoms with Crippen molar-refractivity contribution in [3.8, 4) is 5.75 Å². The SMILES string of the molecule is CCN(CC)C(=O)COc1cccc(NC(=O)N2CCC(O)C(F)(F)C2)c1. The monoisotopic (exact) mass is 385 g/mol. The molecule has 0 spiro atoms. The molecule has 1 aliphatic heterocycles. The Hall–Kier alpha value is -2.42. The minimum Gasteiger partial charge on any atom is -0.484 e. The van der Waals surface area contributed by atoms with Crippen molar-refractivity contribution in [3.05, 3.63) is 24.3 Å². The molecular weight excluding hydrogens is 360 g/mol. The molecule has 1 unspecified atom stereocenters. The fraction of sp³-hybridized carbons (Fsp3) is 0.556. The van der Waals surface area contributed by atoms with Crippen LogP contribution in [0, 0.1) is 0 Å². The average Bonchev–Trinajstić information content (AvgIpc) is 2.63. The summed E-state index contributed by atoms with van der Waals surface area (Å²) < 4.78 is 32.6. The second-order valence-corrected chi connectivity index (χ2v) is 6.30. The molecule has 2 N–H and O–H groups in total. The van der Waals surface area contributed by atoms with Crippen LogP contribution in [-0.2, 0) is 4.79 Å². The van der Waals surface area contributed by atoms with Gasteiger partial charge in [-0.1, -0.05) is 6.07 Å². The number of likely N-dealkylation sites (tertiary alicyclic amines) is 1. The molecule has 27 heavy (non-hydrogen) atoms. The summed E-state index contributed by atoms with van der Waals surface area (Å²) in [7, 11) is 0. The van der Waals surface area contributed by atoms with E-state index in [0.29, 0.717) is 24.5 Å². The predicted molar refractivity (Wildman–Crippen MR) is 96.0 cm³/mol. The van der Waals surface area contributed by atoms with E-state index in [1.54, 1.807) is 23.1 Å². The Morgan fingerprint density at radius 3 is 2.70 bits per heavy atom. The first-order chi connectivity index (χ1) is 12.8. The number of alkyl halides is 2. The maximum atomic E-state index is 13.6. The van der Waals surface area contributed by atoms with E-state index in [1.165, 1.54) is 6.07 Å². The molecule has 1 heterocycles. The lowest BCUT2D eigenvalue weighted by Gasteiger charge is -2.35. The summed E-state index contributed by atoms with van der Waals surface area (Å²) in [5.41, 5.74) is 0.363. The van der Waals surface area contributed by atoms with E-state index in [1.807, 2.05) is 13.8 Å². The number of carbonyl (C=O) groups excluding carboxylic acids is 2. The number of aliphatic hydroxyl groups is 1. The van der Waals surface area contributed by atoms with Crippen LogP contribution < -0.4 is 10.1 Å². The molecule has 3 amide bonds. The number of amides is 3. The number of aliphatic hydroxyl groups excluding tert-OH is 1. The van der Waals surface area contributed by atoms with E-state index in [0.717, 1.165) is 4.90 Å². The van der Waals surface area contributed by atoms with E-state index >= 15 is 0 Å². The molecule has 0 aliphatic carbocycles. The van der Waals surface area contributed by atoms with Crippen LogP contribution in [0.1, 0.15) is 20.3 Å². The largest absolute Gasteiger partial charge is 0.484 e. The smallest absolute Gasteiger partial charge is 0.322 e. The highest BCUT2D eigenvalue weighted by atomic mass is 19.3. The third-order valence-electron chi connectivity index (χ3n) is 4.41. The van der Waals surface area contributed by atoms with Crippen LogP contribution in [-0.4, -0.2) is 71.7 Å². The fourth-order valence-electron chi connectivity index (χ4n) is 2.78. The number of anilines is 1. The lowest BCUT2D eigenvalue weighted by molar-refractivity contribution is -0.140. The van der Waals surface area contributed by atoms with Crippen LogP contribution in [0.25, 0.3) is 0 Å². The first-order valence-electron chi connectivity index (χ1n) is 8.89. The van der Waals surface area contributed by atoms with Crippen molar-refractivity contribution < 1.29 is 28.2 Å². The van der Waals surface area contributed by atoms with Crippen molar-refractivity contribution in [1.82, 2.24) is 9.80 Å². The number of hydrogen-bond donors (Lipinski definition) is 2. The van der Waals surface area contributed by atoms with Gasteiger partial charge in [0.25, 0.3) is 11.8 Å². The average molecular weight is 385 g/mol. The molecule has 1 saturated heterocycles. The first kappa shape index (κ1) is 20.9. The number of rotatable bonds is 6. The van der Waals surface area contributed by atoms with Crippen molar-refractivity contribution in [3.63, 3.8) is 0 Å². The number of nitrogens with one attached hydrogen (secondary N) is 1. The second kappa shape index (κ2) is 8.98. The highest BCUT2D eigenvalue weighted by Gasteiger charge is 2.45. The molecule has 1 aromatic rings. The van der Waals surface area contributed by atoms with Crippen LogP contribution >= 0.6 is 0 Å². The summed E-state index contributed by atoms with van der Waals surface area (Å²) in [5.74, 6) is -3.10. The minimum atomic E-state index is -3.33. The van der Waals surface area contributed by atoms with Gasteiger partial charge >= 0.3 is 6.03 Å². The van der Waals surface area contributed by atoms with E-state index in [2.05, 4.69) is 5.32 Å². The number of nitrogens with zero attached hydrogens (tertiary/aromatic N) is 2. The molecule has 1 aromatic carbocycles. The third kappa shape index (κ3) is 5.53. The van der Waals surface area contributed by atoms with Crippen molar-refractivity contribution in [2.75, 3.05) is 38.1 Å². The Bertz CT molecular complexity index is 668. The van der Waals surface area contributed by atoms with E-state index in [-0.39, 0.29) is 25.5 Å². The number of halogens is 2. The molecule has 1 atom stereocenters. The van der Waals surface area contributed by atoms with Crippen molar-refractivity contribution in [2.45, 2.75) is 32.3 Å². The van der Waals surface area contributed by atoms with E-state index < -0.39 is 24.6 Å². The maximum absolute atomic E-state index is 13.6. The molecule has 0 saturated carbocycles.